The predicted molar refractivity (Wildman–Crippen MR) is 76.3 cm³/mol. The lowest BCUT2D eigenvalue weighted by molar-refractivity contribution is 0.601. The molecule has 0 heterocycles. The van der Waals surface area contributed by atoms with Gasteiger partial charge < -0.3 is 17.2 Å². The predicted octanol–water partition coefficient (Wildman–Crippen LogP) is 0.986. The number of benzene rings is 1. The van der Waals surface area contributed by atoms with Gasteiger partial charge in [0.25, 0.3) is 0 Å². The Hall–Kier alpha value is -2.04. The van der Waals surface area contributed by atoms with Crippen LogP contribution in [-0.4, -0.2) is 18.0 Å². The lowest BCUT2D eigenvalue weighted by Gasteiger charge is -2.11. The minimum atomic E-state index is -0.0637. The van der Waals surface area contributed by atoms with Crippen LogP contribution in [0.1, 0.15) is 25.3 Å². The van der Waals surface area contributed by atoms with Gasteiger partial charge in [0, 0.05) is 0 Å². The smallest absolute Gasteiger partial charge is 0.218 e. The molecule has 0 amide bonds. The minimum Gasteiger partial charge on any atom is -0.370 e. The van der Waals surface area contributed by atoms with Crippen LogP contribution in [0.2, 0.25) is 0 Å². The van der Waals surface area contributed by atoms with Gasteiger partial charge in [-0.3, -0.25) is 0 Å². The maximum absolute atomic E-state index is 5.66. The Morgan fingerprint density at radius 1 is 1.17 bits per heavy atom. The molecule has 18 heavy (non-hydrogen) atoms. The van der Waals surface area contributed by atoms with Crippen molar-refractivity contribution in [1.29, 1.82) is 0 Å². The quantitative estimate of drug-likeness (QED) is 0.534. The van der Waals surface area contributed by atoms with E-state index in [0.717, 1.165) is 19.3 Å². The van der Waals surface area contributed by atoms with Crippen molar-refractivity contribution in [2.75, 3.05) is 0 Å². The molecule has 0 bridgehead atoms. The molecular formula is C13H21N5. The number of hydrogen-bond donors (Lipinski definition) is 3. The van der Waals surface area contributed by atoms with E-state index in [1.807, 2.05) is 18.2 Å². The summed E-state index contributed by atoms with van der Waals surface area (Å²) in [6, 6.07) is 10.3. The summed E-state index contributed by atoms with van der Waals surface area (Å²) in [5.41, 5.74) is 17.4. The third-order valence-corrected chi connectivity index (χ3v) is 2.49. The second-order valence-corrected chi connectivity index (χ2v) is 4.16. The van der Waals surface area contributed by atoms with Gasteiger partial charge in [-0.2, -0.15) is 4.99 Å². The summed E-state index contributed by atoms with van der Waals surface area (Å²) in [6.45, 7) is 2.12. The molecule has 0 saturated heterocycles. The summed E-state index contributed by atoms with van der Waals surface area (Å²) in [5.74, 6) is 0.0793. The Balaban J connectivity index is 2.74. The van der Waals surface area contributed by atoms with Crippen molar-refractivity contribution in [2.45, 2.75) is 32.2 Å². The lowest BCUT2D eigenvalue weighted by Crippen LogP contribution is -2.27. The Kier molecular flexibility index (Phi) is 5.70. The van der Waals surface area contributed by atoms with Crippen LogP contribution < -0.4 is 17.2 Å². The largest absolute Gasteiger partial charge is 0.370 e. The number of aliphatic imine (C=N–C) groups is 2. The normalized spacial score (nSPS) is 13.1. The Labute approximate surface area is 108 Å². The van der Waals surface area contributed by atoms with Crippen LogP contribution >= 0.6 is 0 Å². The van der Waals surface area contributed by atoms with Crippen molar-refractivity contribution in [1.82, 2.24) is 0 Å². The Bertz CT molecular complexity index is 407. The van der Waals surface area contributed by atoms with Gasteiger partial charge in [0.05, 0.1) is 6.04 Å². The van der Waals surface area contributed by atoms with Crippen LogP contribution in [0, 0.1) is 0 Å². The first-order valence-corrected chi connectivity index (χ1v) is 6.08. The molecule has 1 aromatic rings. The van der Waals surface area contributed by atoms with Crippen molar-refractivity contribution in [3.63, 3.8) is 0 Å². The first-order valence-electron chi connectivity index (χ1n) is 6.08. The lowest BCUT2D eigenvalue weighted by atomic mass is 10.0. The Morgan fingerprint density at radius 2 is 1.83 bits per heavy atom. The van der Waals surface area contributed by atoms with E-state index in [-0.39, 0.29) is 18.0 Å². The second kappa shape index (κ2) is 7.32. The van der Waals surface area contributed by atoms with Gasteiger partial charge in [-0.25, -0.2) is 4.99 Å². The number of nitrogens with two attached hydrogens (primary N) is 3. The van der Waals surface area contributed by atoms with Gasteiger partial charge in [0.15, 0.2) is 5.96 Å². The van der Waals surface area contributed by atoms with E-state index in [4.69, 9.17) is 17.2 Å². The van der Waals surface area contributed by atoms with E-state index in [1.165, 1.54) is 5.56 Å². The molecule has 6 N–H and O–H groups in total. The summed E-state index contributed by atoms with van der Waals surface area (Å²) in [5, 5.41) is 0. The molecule has 1 unspecified atom stereocenters. The third-order valence-electron chi connectivity index (χ3n) is 2.49. The topological polar surface area (TPSA) is 103 Å². The number of nitrogens with zero attached hydrogens (tertiary/aromatic N) is 2. The van der Waals surface area contributed by atoms with Gasteiger partial charge in [0.1, 0.15) is 0 Å². The maximum Gasteiger partial charge on any atom is 0.218 e. The molecule has 0 aliphatic rings. The van der Waals surface area contributed by atoms with Crippen LogP contribution in [0.4, 0.5) is 0 Å². The van der Waals surface area contributed by atoms with E-state index in [9.17, 15) is 0 Å². The van der Waals surface area contributed by atoms with Crippen molar-refractivity contribution >= 4 is 11.9 Å². The van der Waals surface area contributed by atoms with Gasteiger partial charge in [-0.15, -0.1) is 0 Å². The average molecular weight is 247 g/mol. The highest BCUT2D eigenvalue weighted by Crippen LogP contribution is 2.10. The minimum absolute atomic E-state index is 0.0637. The van der Waals surface area contributed by atoms with Crippen LogP contribution in [0.25, 0.3) is 0 Å². The molecule has 1 rings (SSSR count). The van der Waals surface area contributed by atoms with Crippen LogP contribution in [0.15, 0.2) is 40.3 Å². The molecule has 0 spiro atoms. The average Bonchev–Trinajstić information content (AvgIpc) is 2.29. The van der Waals surface area contributed by atoms with Crippen molar-refractivity contribution in [3.05, 3.63) is 35.9 Å². The standard InChI is InChI=1S/C13H21N5/c1-2-6-11(17-13(16)18-12(14)15)9-10-7-4-3-5-8-10/h3-5,7-8,11H,2,6,9H2,1H3,(H6,14,15,16,17,18). The van der Waals surface area contributed by atoms with Gasteiger partial charge in [-0.05, 0) is 18.4 Å². The first kappa shape index (κ1) is 14.0. The summed E-state index contributed by atoms with van der Waals surface area (Å²) in [6.07, 6.45) is 2.83. The fourth-order valence-corrected chi connectivity index (χ4v) is 1.78. The highest BCUT2D eigenvalue weighted by atomic mass is 15.1. The maximum atomic E-state index is 5.66. The van der Waals surface area contributed by atoms with E-state index in [0.29, 0.717) is 0 Å². The molecule has 98 valence electrons. The van der Waals surface area contributed by atoms with Crippen molar-refractivity contribution in [3.8, 4) is 0 Å². The summed E-state index contributed by atoms with van der Waals surface area (Å²) in [7, 11) is 0. The molecule has 0 saturated carbocycles. The summed E-state index contributed by atoms with van der Waals surface area (Å²) >= 11 is 0. The highest BCUT2D eigenvalue weighted by Gasteiger charge is 2.07. The zero-order chi connectivity index (χ0) is 13.4. The monoisotopic (exact) mass is 247 g/mol. The summed E-state index contributed by atoms with van der Waals surface area (Å²) in [4.78, 5) is 8.09. The number of hydrogen-bond acceptors (Lipinski definition) is 1. The fourth-order valence-electron chi connectivity index (χ4n) is 1.78. The third kappa shape index (κ3) is 5.34. The molecular weight excluding hydrogens is 226 g/mol. The zero-order valence-corrected chi connectivity index (χ0v) is 10.7. The van der Waals surface area contributed by atoms with E-state index < -0.39 is 0 Å². The molecule has 1 atom stereocenters. The highest BCUT2D eigenvalue weighted by molar-refractivity contribution is 5.92. The number of rotatable bonds is 5. The molecule has 0 aliphatic carbocycles. The van der Waals surface area contributed by atoms with E-state index in [1.54, 1.807) is 0 Å². The van der Waals surface area contributed by atoms with E-state index in [2.05, 4.69) is 29.0 Å². The first-order chi connectivity index (χ1) is 8.61. The molecule has 5 heteroatoms. The van der Waals surface area contributed by atoms with Gasteiger partial charge in [-0.1, -0.05) is 43.7 Å². The number of guanidine groups is 2. The van der Waals surface area contributed by atoms with Gasteiger partial charge in [0.2, 0.25) is 5.96 Å². The summed E-state index contributed by atoms with van der Waals surface area (Å²) < 4.78 is 0. The zero-order valence-electron chi connectivity index (χ0n) is 10.7. The SMILES string of the molecule is CCCC(Cc1ccccc1)N=C(N)N=C(N)N. The second-order valence-electron chi connectivity index (χ2n) is 4.16. The molecule has 0 radical (unpaired) electrons. The van der Waals surface area contributed by atoms with Crippen LogP contribution in [-0.2, 0) is 6.42 Å². The van der Waals surface area contributed by atoms with Crippen molar-refractivity contribution in [2.24, 2.45) is 27.2 Å². The van der Waals surface area contributed by atoms with Crippen LogP contribution in [0.3, 0.4) is 0 Å². The van der Waals surface area contributed by atoms with Gasteiger partial charge >= 0.3 is 0 Å². The fraction of sp³-hybridized carbons (Fsp3) is 0.385. The van der Waals surface area contributed by atoms with Crippen LogP contribution in [0.5, 0.6) is 0 Å². The van der Waals surface area contributed by atoms with E-state index >= 15 is 0 Å². The Morgan fingerprint density at radius 3 is 2.39 bits per heavy atom. The molecule has 0 aromatic heterocycles. The molecule has 0 fully saturated rings. The molecule has 1 aromatic carbocycles. The molecule has 0 aliphatic heterocycles. The molecule has 5 nitrogen and oxygen atoms in total. The van der Waals surface area contributed by atoms with Crippen molar-refractivity contribution < 1.29 is 0 Å².